The molecule has 1 N–H and O–H groups in total. The van der Waals surface area contributed by atoms with Crippen LogP contribution in [0.15, 0.2) is 65.6 Å². The predicted octanol–water partition coefficient (Wildman–Crippen LogP) is 2.85. The van der Waals surface area contributed by atoms with E-state index >= 15 is 0 Å². The number of carbonyl (C=O) groups is 1. The van der Waals surface area contributed by atoms with Crippen molar-refractivity contribution in [1.29, 1.82) is 0 Å². The van der Waals surface area contributed by atoms with Crippen LogP contribution in [0.2, 0.25) is 0 Å². The van der Waals surface area contributed by atoms with E-state index in [2.05, 4.69) is 5.32 Å². The molecule has 3 aromatic carbocycles. The van der Waals surface area contributed by atoms with Crippen LogP contribution < -0.4 is 9.62 Å². The molecule has 0 saturated heterocycles. The summed E-state index contributed by atoms with van der Waals surface area (Å²) in [5.74, 6) is -0.729. The van der Waals surface area contributed by atoms with E-state index in [-0.39, 0.29) is 17.3 Å². The number of halogens is 1. The SMILES string of the molecule is O=C(CN1c2cccc3cccc(c23)S1(=O)=O)NCCc1cccc(F)c1. The van der Waals surface area contributed by atoms with Gasteiger partial charge in [0.15, 0.2) is 0 Å². The molecule has 0 aliphatic carbocycles. The van der Waals surface area contributed by atoms with Crippen molar-refractivity contribution < 1.29 is 17.6 Å². The van der Waals surface area contributed by atoms with Gasteiger partial charge in [0.1, 0.15) is 12.4 Å². The average Bonchev–Trinajstić information content (AvgIpc) is 2.85. The van der Waals surface area contributed by atoms with Crippen molar-refractivity contribution in [1.82, 2.24) is 5.32 Å². The Balaban J connectivity index is 1.48. The Morgan fingerprint density at radius 2 is 1.78 bits per heavy atom. The summed E-state index contributed by atoms with van der Waals surface area (Å²) in [6.45, 7) is 0.00655. The van der Waals surface area contributed by atoms with Gasteiger partial charge in [0.2, 0.25) is 5.91 Å². The number of amides is 1. The van der Waals surface area contributed by atoms with Crippen molar-refractivity contribution in [2.75, 3.05) is 17.4 Å². The first kappa shape index (κ1) is 17.5. The molecule has 0 atom stereocenters. The van der Waals surface area contributed by atoms with Crippen molar-refractivity contribution in [3.63, 3.8) is 0 Å². The van der Waals surface area contributed by atoms with E-state index in [4.69, 9.17) is 0 Å². The van der Waals surface area contributed by atoms with E-state index in [0.717, 1.165) is 15.3 Å². The number of hydrogen-bond acceptors (Lipinski definition) is 3. The van der Waals surface area contributed by atoms with E-state index in [1.54, 1.807) is 36.4 Å². The molecule has 0 radical (unpaired) electrons. The lowest BCUT2D eigenvalue weighted by Crippen LogP contribution is -2.39. The molecular formula is C20H17FN2O3S. The van der Waals surface area contributed by atoms with Gasteiger partial charge in [-0.2, -0.15) is 0 Å². The second-order valence-corrected chi connectivity index (χ2v) is 8.20. The van der Waals surface area contributed by atoms with Gasteiger partial charge in [0, 0.05) is 11.9 Å². The lowest BCUT2D eigenvalue weighted by Gasteiger charge is -2.18. The third kappa shape index (κ3) is 3.14. The molecule has 1 amide bonds. The molecule has 0 bridgehead atoms. The Labute approximate surface area is 156 Å². The van der Waals surface area contributed by atoms with Crippen LogP contribution in [0, 0.1) is 5.82 Å². The largest absolute Gasteiger partial charge is 0.354 e. The summed E-state index contributed by atoms with van der Waals surface area (Å²) < 4.78 is 40.0. The molecule has 1 aliphatic heterocycles. The summed E-state index contributed by atoms with van der Waals surface area (Å²) in [5.41, 5.74) is 1.28. The molecule has 0 spiro atoms. The average molecular weight is 384 g/mol. The number of hydrogen-bond donors (Lipinski definition) is 1. The van der Waals surface area contributed by atoms with Crippen LogP contribution in [-0.2, 0) is 21.2 Å². The topological polar surface area (TPSA) is 66.5 Å². The quantitative estimate of drug-likeness (QED) is 0.736. The van der Waals surface area contributed by atoms with Gasteiger partial charge in [-0.3, -0.25) is 9.10 Å². The highest BCUT2D eigenvalue weighted by Crippen LogP contribution is 2.41. The maximum atomic E-state index is 13.2. The number of carbonyl (C=O) groups excluding carboxylic acids is 1. The lowest BCUT2D eigenvalue weighted by atomic mass is 10.1. The zero-order chi connectivity index (χ0) is 19.0. The van der Waals surface area contributed by atoms with Gasteiger partial charge in [0.05, 0.1) is 10.6 Å². The zero-order valence-electron chi connectivity index (χ0n) is 14.4. The first-order chi connectivity index (χ1) is 13.0. The second kappa shape index (κ2) is 6.66. The number of nitrogens with zero attached hydrogens (tertiary/aromatic N) is 1. The predicted molar refractivity (Wildman–Crippen MR) is 102 cm³/mol. The third-order valence-corrected chi connectivity index (χ3v) is 6.40. The molecule has 1 heterocycles. The number of sulfonamides is 1. The molecule has 5 nitrogen and oxygen atoms in total. The van der Waals surface area contributed by atoms with Crippen molar-refractivity contribution in [3.8, 4) is 0 Å². The normalized spacial score (nSPS) is 14.5. The van der Waals surface area contributed by atoms with Gasteiger partial charge < -0.3 is 5.32 Å². The third-order valence-electron chi connectivity index (χ3n) is 4.59. The van der Waals surface area contributed by atoms with E-state index in [0.29, 0.717) is 24.0 Å². The molecule has 3 aromatic rings. The van der Waals surface area contributed by atoms with E-state index in [9.17, 15) is 17.6 Å². The van der Waals surface area contributed by atoms with Crippen LogP contribution >= 0.6 is 0 Å². The van der Waals surface area contributed by atoms with Gasteiger partial charge in [-0.25, -0.2) is 12.8 Å². The van der Waals surface area contributed by atoms with Gasteiger partial charge in [-0.15, -0.1) is 0 Å². The van der Waals surface area contributed by atoms with Gasteiger partial charge in [0.25, 0.3) is 10.0 Å². The van der Waals surface area contributed by atoms with Crippen molar-refractivity contribution in [3.05, 3.63) is 72.0 Å². The van der Waals surface area contributed by atoms with Crippen molar-refractivity contribution >= 4 is 32.4 Å². The highest BCUT2D eigenvalue weighted by Gasteiger charge is 2.36. The summed E-state index contributed by atoms with van der Waals surface area (Å²) in [6, 6.07) is 16.6. The standard InChI is InChI=1S/C20H17FN2O3S/c21-16-7-1-4-14(12-16)10-11-22-19(24)13-23-17-8-2-5-15-6-3-9-18(20(15)17)27(23,25)26/h1-9,12H,10-11,13H2,(H,22,24). The zero-order valence-corrected chi connectivity index (χ0v) is 15.2. The lowest BCUT2D eigenvalue weighted by molar-refractivity contribution is -0.119. The second-order valence-electron chi connectivity index (χ2n) is 6.37. The summed E-state index contributed by atoms with van der Waals surface area (Å²) in [4.78, 5) is 12.5. The summed E-state index contributed by atoms with van der Waals surface area (Å²) in [5, 5.41) is 4.17. The molecular weight excluding hydrogens is 367 g/mol. The first-order valence-corrected chi connectivity index (χ1v) is 9.96. The van der Waals surface area contributed by atoms with Crippen LogP contribution in [0.3, 0.4) is 0 Å². The van der Waals surface area contributed by atoms with Crippen LogP contribution in [0.4, 0.5) is 10.1 Å². The van der Waals surface area contributed by atoms with Crippen LogP contribution in [0.1, 0.15) is 5.56 Å². The Bertz CT molecular complexity index is 1140. The fourth-order valence-electron chi connectivity index (χ4n) is 3.35. The Morgan fingerprint density at radius 3 is 2.56 bits per heavy atom. The molecule has 7 heteroatoms. The first-order valence-electron chi connectivity index (χ1n) is 8.52. The minimum atomic E-state index is -3.75. The summed E-state index contributed by atoms with van der Waals surface area (Å²) in [7, 11) is -3.75. The van der Waals surface area contributed by atoms with Crippen LogP contribution in [0.5, 0.6) is 0 Å². The maximum absolute atomic E-state index is 13.2. The molecule has 0 fully saturated rings. The summed E-state index contributed by atoms with van der Waals surface area (Å²) in [6.07, 6.45) is 0.464. The van der Waals surface area contributed by atoms with Gasteiger partial charge in [-0.05, 0) is 41.6 Å². The number of rotatable bonds is 5. The monoisotopic (exact) mass is 384 g/mol. The fourth-order valence-corrected chi connectivity index (χ4v) is 5.02. The number of benzene rings is 3. The van der Waals surface area contributed by atoms with Crippen molar-refractivity contribution in [2.45, 2.75) is 11.3 Å². The maximum Gasteiger partial charge on any atom is 0.265 e. The van der Waals surface area contributed by atoms with E-state index < -0.39 is 15.9 Å². The Kier molecular flexibility index (Phi) is 4.31. The minimum absolute atomic E-state index is 0.225. The number of nitrogens with one attached hydrogen (secondary N) is 1. The molecule has 0 aromatic heterocycles. The highest BCUT2D eigenvalue weighted by atomic mass is 32.2. The Morgan fingerprint density at radius 1 is 1.04 bits per heavy atom. The van der Waals surface area contributed by atoms with Crippen LogP contribution in [-0.4, -0.2) is 27.4 Å². The van der Waals surface area contributed by atoms with Gasteiger partial charge >= 0.3 is 0 Å². The van der Waals surface area contributed by atoms with E-state index in [1.165, 1.54) is 12.1 Å². The Hall–Kier alpha value is -2.93. The van der Waals surface area contributed by atoms with Crippen molar-refractivity contribution in [2.24, 2.45) is 0 Å². The van der Waals surface area contributed by atoms with Crippen LogP contribution in [0.25, 0.3) is 10.8 Å². The smallest absolute Gasteiger partial charge is 0.265 e. The number of anilines is 1. The molecule has 0 saturated carbocycles. The molecule has 1 aliphatic rings. The molecule has 0 unspecified atom stereocenters. The highest BCUT2D eigenvalue weighted by molar-refractivity contribution is 7.93. The fraction of sp³-hybridized carbons (Fsp3) is 0.150. The molecule has 4 rings (SSSR count). The molecule has 138 valence electrons. The molecule has 27 heavy (non-hydrogen) atoms. The van der Waals surface area contributed by atoms with E-state index in [1.807, 2.05) is 12.1 Å². The van der Waals surface area contributed by atoms with Gasteiger partial charge in [-0.1, -0.05) is 36.4 Å². The summed E-state index contributed by atoms with van der Waals surface area (Å²) >= 11 is 0. The minimum Gasteiger partial charge on any atom is -0.354 e.